The molecule has 1 heterocycles. The summed E-state index contributed by atoms with van der Waals surface area (Å²) in [5, 5.41) is 6.71. The summed E-state index contributed by atoms with van der Waals surface area (Å²) in [6.07, 6.45) is 0.823. The zero-order valence-electron chi connectivity index (χ0n) is 18.7. The Hall–Kier alpha value is -3.71. The molecule has 6 nitrogen and oxygen atoms in total. The number of benzene rings is 3. The predicted molar refractivity (Wildman–Crippen MR) is 135 cm³/mol. The molecule has 0 saturated carbocycles. The summed E-state index contributed by atoms with van der Waals surface area (Å²) in [5.41, 5.74) is 3.54. The zero-order chi connectivity index (χ0) is 23.2. The van der Waals surface area contributed by atoms with Crippen molar-refractivity contribution in [2.45, 2.75) is 13.3 Å². The lowest BCUT2D eigenvalue weighted by Gasteiger charge is -2.19. The summed E-state index contributed by atoms with van der Waals surface area (Å²) in [6.45, 7) is 3.30. The van der Waals surface area contributed by atoms with Crippen LogP contribution in [0, 0.1) is 6.92 Å². The predicted octanol–water partition coefficient (Wildman–Crippen LogP) is 5.11. The third-order valence-electron chi connectivity index (χ3n) is 5.49. The minimum atomic E-state index is -0.281. The summed E-state index contributed by atoms with van der Waals surface area (Å²) in [4.78, 5) is 27.7. The van der Waals surface area contributed by atoms with Crippen LogP contribution in [0.4, 0.5) is 11.4 Å². The molecule has 3 aromatic carbocycles. The van der Waals surface area contributed by atoms with Crippen LogP contribution >= 0.6 is 11.5 Å². The number of nitrogens with zero attached hydrogens (tertiary/aromatic N) is 2. The van der Waals surface area contributed by atoms with Crippen molar-refractivity contribution in [1.29, 1.82) is 0 Å². The fraction of sp³-hybridized carbons (Fsp3) is 0.192. The molecule has 0 aliphatic carbocycles. The molecule has 0 fully saturated rings. The van der Waals surface area contributed by atoms with Crippen LogP contribution in [0.1, 0.15) is 32.8 Å². The third kappa shape index (κ3) is 5.38. The first kappa shape index (κ1) is 22.5. The van der Waals surface area contributed by atoms with Gasteiger partial charge in [0, 0.05) is 42.5 Å². The number of carbonyl (C=O) groups is 2. The molecule has 4 rings (SSSR count). The molecule has 0 aliphatic heterocycles. The van der Waals surface area contributed by atoms with Crippen molar-refractivity contribution in [1.82, 2.24) is 9.69 Å². The van der Waals surface area contributed by atoms with Crippen LogP contribution in [0.15, 0.2) is 72.8 Å². The van der Waals surface area contributed by atoms with Crippen molar-refractivity contribution >= 4 is 44.8 Å². The van der Waals surface area contributed by atoms with Crippen LogP contribution in [0.2, 0.25) is 0 Å². The van der Waals surface area contributed by atoms with Gasteiger partial charge in [-0.25, -0.2) is 0 Å². The van der Waals surface area contributed by atoms with E-state index < -0.39 is 0 Å². The van der Waals surface area contributed by atoms with Gasteiger partial charge < -0.3 is 15.5 Å². The lowest BCUT2D eigenvalue weighted by atomic mass is 10.1. The minimum absolute atomic E-state index is 0.160. The van der Waals surface area contributed by atoms with Crippen molar-refractivity contribution in [2.75, 3.05) is 30.4 Å². The van der Waals surface area contributed by atoms with Gasteiger partial charge in [0.25, 0.3) is 11.8 Å². The number of rotatable bonds is 8. The third-order valence-corrected chi connectivity index (χ3v) is 6.32. The maximum absolute atomic E-state index is 12.8. The molecular formula is C26H26N4O2S. The highest BCUT2D eigenvalue weighted by molar-refractivity contribution is 7.13. The van der Waals surface area contributed by atoms with Crippen LogP contribution in [-0.4, -0.2) is 36.3 Å². The van der Waals surface area contributed by atoms with Gasteiger partial charge in [0.05, 0.1) is 4.70 Å². The standard InChI is InChI=1S/C26H26N4O2S/c1-18-13-14-19(25(31)27-15-8-16-30(2)20-9-4-3-5-10-20)17-22(18)28-26(32)24-21-11-6-7-12-23(21)33-29-24/h3-7,9-14,17H,8,15-16H2,1-2H3,(H,27,31)(H,28,32). The van der Waals surface area contributed by atoms with E-state index in [0.717, 1.165) is 34.3 Å². The van der Waals surface area contributed by atoms with Gasteiger partial charge >= 0.3 is 0 Å². The number of anilines is 2. The molecule has 0 unspecified atom stereocenters. The molecule has 7 heteroatoms. The summed E-state index contributed by atoms with van der Waals surface area (Å²) in [5.74, 6) is -0.441. The molecule has 0 radical (unpaired) electrons. The van der Waals surface area contributed by atoms with Crippen molar-refractivity contribution in [3.63, 3.8) is 0 Å². The SMILES string of the molecule is Cc1ccc(C(=O)NCCCN(C)c2ccccc2)cc1NC(=O)c1nsc2ccccc12. The Balaban J connectivity index is 1.35. The van der Waals surface area contributed by atoms with Crippen LogP contribution < -0.4 is 15.5 Å². The summed E-state index contributed by atoms with van der Waals surface area (Å²) >= 11 is 1.30. The first-order valence-electron chi connectivity index (χ1n) is 10.8. The minimum Gasteiger partial charge on any atom is -0.375 e. The number of hydrogen-bond acceptors (Lipinski definition) is 5. The van der Waals surface area contributed by atoms with E-state index >= 15 is 0 Å². The molecule has 2 N–H and O–H groups in total. The van der Waals surface area contributed by atoms with Gasteiger partial charge in [0.15, 0.2) is 0 Å². The van der Waals surface area contributed by atoms with Gasteiger partial charge in [0.2, 0.25) is 0 Å². The average Bonchev–Trinajstić information content (AvgIpc) is 3.28. The Labute approximate surface area is 197 Å². The fourth-order valence-corrected chi connectivity index (χ4v) is 4.33. The van der Waals surface area contributed by atoms with Crippen LogP contribution in [-0.2, 0) is 0 Å². The van der Waals surface area contributed by atoms with E-state index in [-0.39, 0.29) is 11.8 Å². The van der Waals surface area contributed by atoms with E-state index in [1.54, 1.807) is 12.1 Å². The van der Waals surface area contributed by atoms with Crippen molar-refractivity contribution in [3.05, 3.63) is 89.6 Å². The zero-order valence-corrected chi connectivity index (χ0v) is 19.5. The highest BCUT2D eigenvalue weighted by Gasteiger charge is 2.16. The first-order valence-corrected chi connectivity index (χ1v) is 11.6. The maximum Gasteiger partial charge on any atom is 0.276 e. The molecule has 168 valence electrons. The second-order valence-electron chi connectivity index (χ2n) is 7.88. The summed E-state index contributed by atoms with van der Waals surface area (Å²) < 4.78 is 5.27. The highest BCUT2D eigenvalue weighted by atomic mass is 32.1. The number of aryl methyl sites for hydroxylation is 1. The summed E-state index contributed by atoms with van der Waals surface area (Å²) in [7, 11) is 2.04. The molecule has 33 heavy (non-hydrogen) atoms. The highest BCUT2D eigenvalue weighted by Crippen LogP contribution is 2.24. The number of amides is 2. The molecule has 4 aromatic rings. The van der Waals surface area contributed by atoms with Crippen molar-refractivity contribution in [3.8, 4) is 0 Å². The average molecular weight is 459 g/mol. The summed E-state index contributed by atoms with van der Waals surface area (Å²) in [6, 6.07) is 23.1. The van der Waals surface area contributed by atoms with Gasteiger partial charge in [-0.1, -0.05) is 42.5 Å². The number of aromatic nitrogens is 1. The fourth-order valence-electron chi connectivity index (χ4n) is 3.56. The molecule has 0 spiro atoms. The quantitative estimate of drug-likeness (QED) is 0.360. The molecular weight excluding hydrogens is 432 g/mol. The maximum atomic E-state index is 12.8. The Morgan fingerprint density at radius 2 is 1.73 bits per heavy atom. The van der Waals surface area contributed by atoms with E-state index in [0.29, 0.717) is 23.5 Å². The topological polar surface area (TPSA) is 74.3 Å². The van der Waals surface area contributed by atoms with E-state index in [1.807, 2.05) is 62.5 Å². The number of fused-ring (bicyclic) bond motifs is 1. The molecule has 0 bridgehead atoms. The molecule has 0 saturated heterocycles. The Morgan fingerprint density at radius 1 is 0.970 bits per heavy atom. The Bertz CT molecular complexity index is 1270. The molecule has 2 amide bonds. The van der Waals surface area contributed by atoms with Gasteiger partial charge in [-0.2, -0.15) is 4.37 Å². The van der Waals surface area contributed by atoms with Crippen LogP contribution in [0.3, 0.4) is 0 Å². The number of para-hydroxylation sites is 1. The van der Waals surface area contributed by atoms with E-state index in [9.17, 15) is 9.59 Å². The second-order valence-corrected chi connectivity index (χ2v) is 8.68. The lowest BCUT2D eigenvalue weighted by molar-refractivity contribution is 0.0952. The van der Waals surface area contributed by atoms with Gasteiger partial charge in [-0.3, -0.25) is 9.59 Å². The largest absolute Gasteiger partial charge is 0.375 e. The number of carbonyl (C=O) groups excluding carboxylic acids is 2. The molecule has 1 aromatic heterocycles. The van der Waals surface area contributed by atoms with Crippen LogP contribution in [0.5, 0.6) is 0 Å². The lowest BCUT2D eigenvalue weighted by Crippen LogP contribution is -2.28. The second kappa shape index (κ2) is 10.3. The monoisotopic (exact) mass is 458 g/mol. The van der Waals surface area contributed by atoms with Crippen LogP contribution in [0.25, 0.3) is 10.1 Å². The smallest absolute Gasteiger partial charge is 0.276 e. The van der Waals surface area contributed by atoms with Crippen molar-refractivity contribution < 1.29 is 9.59 Å². The Kier molecular flexibility index (Phi) is 7.00. The van der Waals surface area contributed by atoms with E-state index in [1.165, 1.54) is 11.5 Å². The van der Waals surface area contributed by atoms with Gasteiger partial charge in [0.1, 0.15) is 5.69 Å². The normalized spacial score (nSPS) is 10.7. The van der Waals surface area contributed by atoms with Crippen molar-refractivity contribution in [2.24, 2.45) is 0 Å². The van der Waals surface area contributed by atoms with E-state index in [4.69, 9.17) is 0 Å². The molecule has 0 atom stereocenters. The van der Waals surface area contributed by atoms with Gasteiger partial charge in [-0.15, -0.1) is 0 Å². The Morgan fingerprint density at radius 3 is 2.55 bits per heavy atom. The first-order chi connectivity index (χ1) is 16.0. The number of hydrogen-bond donors (Lipinski definition) is 2. The molecule has 0 aliphatic rings. The van der Waals surface area contributed by atoms with Gasteiger partial charge in [-0.05, 0) is 60.8 Å². The van der Waals surface area contributed by atoms with E-state index in [2.05, 4.69) is 32.0 Å². The number of nitrogens with one attached hydrogen (secondary N) is 2.